The van der Waals surface area contributed by atoms with Crippen LogP contribution >= 0.6 is 0 Å². The molecule has 1 atom stereocenters. The van der Waals surface area contributed by atoms with E-state index in [1.807, 2.05) is 24.4 Å². The second kappa shape index (κ2) is 7.67. The van der Waals surface area contributed by atoms with Gasteiger partial charge < -0.3 is 9.15 Å². The molecule has 0 bridgehead atoms. The summed E-state index contributed by atoms with van der Waals surface area (Å²) in [7, 11) is 0. The van der Waals surface area contributed by atoms with Crippen molar-refractivity contribution in [2.24, 2.45) is 5.84 Å². The zero-order valence-corrected chi connectivity index (χ0v) is 11.7. The minimum atomic E-state index is 0.0257. The lowest BCUT2D eigenvalue weighted by Crippen LogP contribution is -2.28. The average Bonchev–Trinajstić information content (AvgIpc) is 2.99. The number of rotatable bonds is 8. The van der Waals surface area contributed by atoms with Gasteiger partial charge in [0.05, 0.1) is 19.1 Å². The molecule has 0 fully saturated rings. The minimum Gasteiger partial charge on any atom is -0.492 e. The first-order valence-electron chi connectivity index (χ1n) is 6.89. The molecular formula is C15H21N3O2. The van der Waals surface area contributed by atoms with E-state index in [0.29, 0.717) is 6.61 Å². The van der Waals surface area contributed by atoms with Crippen molar-refractivity contribution in [2.45, 2.75) is 32.2 Å². The van der Waals surface area contributed by atoms with Gasteiger partial charge in [0.25, 0.3) is 0 Å². The van der Waals surface area contributed by atoms with Gasteiger partial charge in [-0.1, -0.05) is 6.92 Å². The lowest BCUT2D eigenvalue weighted by Gasteiger charge is -2.16. The standard InChI is InChI=1S/C15H21N3O2/c1-2-7-19-14-9-12(10-17-11-14)15(18-16)6-5-13-4-3-8-20-13/h3-4,8-11,15,18H,2,5-7,16H2,1H3. The average molecular weight is 275 g/mol. The van der Waals surface area contributed by atoms with Crippen molar-refractivity contribution >= 4 is 0 Å². The van der Waals surface area contributed by atoms with Crippen LogP contribution in [0.1, 0.15) is 37.1 Å². The van der Waals surface area contributed by atoms with Crippen LogP contribution in [-0.2, 0) is 6.42 Å². The predicted molar refractivity (Wildman–Crippen MR) is 77.1 cm³/mol. The van der Waals surface area contributed by atoms with E-state index in [9.17, 15) is 0 Å². The van der Waals surface area contributed by atoms with Crippen LogP contribution in [0, 0.1) is 0 Å². The molecule has 0 saturated carbocycles. The summed E-state index contributed by atoms with van der Waals surface area (Å²) in [5.74, 6) is 7.38. The summed E-state index contributed by atoms with van der Waals surface area (Å²) in [6.45, 7) is 2.77. The minimum absolute atomic E-state index is 0.0257. The molecule has 2 aromatic rings. The van der Waals surface area contributed by atoms with Gasteiger partial charge in [0.2, 0.25) is 0 Å². The molecule has 3 N–H and O–H groups in total. The van der Waals surface area contributed by atoms with E-state index in [-0.39, 0.29) is 6.04 Å². The number of nitrogens with one attached hydrogen (secondary N) is 1. The summed E-state index contributed by atoms with van der Waals surface area (Å²) >= 11 is 0. The van der Waals surface area contributed by atoms with E-state index in [0.717, 1.165) is 36.3 Å². The van der Waals surface area contributed by atoms with E-state index in [1.54, 1.807) is 12.5 Å². The van der Waals surface area contributed by atoms with Crippen LogP contribution in [0.3, 0.4) is 0 Å². The van der Waals surface area contributed by atoms with Gasteiger partial charge in [-0.2, -0.15) is 0 Å². The van der Waals surface area contributed by atoms with Crippen LogP contribution in [0.4, 0.5) is 0 Å². The monoisotopic (exact) mass is 275 g/mol. The molecule has 0 aliphatic rings. The zero-order chi connectivity index (χ0) is 14.2. The SMILES string of the molecule is CCCOc1cncc(C(CCc2ccco2)NN)c1. The Morgan fingerprint density at radius 3 is 3.05 bits per heavy atom. The van der Waals surface area contributed by atoms with E-state index in [2.05, 4.69) is 17.3 Å². The number of ether oxygens (including phenoxy) is 1. The van der Waals surface area contributed by atoms with Crippen LogP contribution in [0.2, 0.25) is 0 Å². The van der Waals surface area contributed by atoms with E-state index >= 15 is 0 Å². The van der Waals surface area contributed by atoms with Gasteiger partial charge in [0.1, 0.15) is 11.5 Å². The Labute approximate surface area is 119 Å². The smallest absolute Gasteiger partial charge is 0.137 e. The van der Waals surface area contributed by atoms with Gasteiger partial charge in [0.15, 0.2) is 0 Å². The summed E-state index contributed by atoms with van der Waals surface area (Å²) in [4.78, 5) is 4.21. The Morgan fingerprint density at radius 1 is 1.45 bits per heavy atom. The molecular weight excluding hydrogens is 254 g/mol. The largest absolute Gasteiger partial charge is 0.492 e. The molecule has 5 nitrogen and oxygen atoms in total. The number of aromatic nitrogens is 1. The number of nitrogens with two attached hydrogens (primary N) is 1. The second-order valence-electron chi connectivity index (χ2n) is 4.64. The van der Waals surface area contributed by atoms with Crippen molar-refractivity contribution in [1.82, 2.24) is 10.4 Å². The molecule has 0 aliphatic carbocycles. The van der Waals surface area contributed by atoms with Gasteiger partial charge in [-0.3, -0.25) is 16.3 Å². The highest BCUT2D eigenvalue weighted by Gasteiger charge is 2.12. The highest BCUT2D eigenvalue weighted by Crippen LogP contribution is 2.21. The number of furan rings is 1. The van der Waals surface area contributed by atoms with E-state index < -0.39 is 0 Å². The first-order chi connectivity index (χ1) is 9.83. The summed E-state index contributed by atoms with van der Waals surface area (Å²) in [6.07, 6.45) is 7.85. The molecule has 0 radical (unpaired) electrons. The fourth-order valence-corrected chi connectivity index (χ4v) is 2.01. The lowest BCUT2D eigenvalue weighted by molar-refractivity contribution is 0.315. The summed E-state index contributed by atoms with van der Waals surface area (Å²) in [6, 6.07) is 5.86. The maximum Gasteiger partial charge on any atom is 0.137 e. The summed E-state index contributed by atoms with van der Waals surface area (Å²) in [5.41, 5.74) is 3.85. The van der Waals surface area contributed by atoms with Crippen molar-refractivity contribution in [3.8, 4) is 5.75 Å². The molecule has 0 saturated heterocycles. The van der Waals surface area contributed by atoms with Gasteiger partial charge in [-0.25, -0.2) is 0 Å². The molecule has 1 unspecified atom stereocenters. The number of pyridine rings is 1. The number of hydrazine groups is 1. The Bertz CT molecular complexity index is 500. The molecule has 108 valence electrons. The van der Waals surface area contributed by atoms with Crippen molar-refractivity contribution in [3.05, 3.63) is 48.2 Å². The van der Waals surface area contributed by atoms with Crippen molar-refractivity contribution < 1.29 is 9.15 Å². The van der Waals surface area contributed by atoms with E-state index in [4.69, 9.17) is 15.0 Å². The van der Waals surface area contributed by atoms with Crippen LogP contribution < -0.4 is 16.0 Å². The molecule has 2 rings (SSSR count). The normalized spacial score (nSPS) is 12.3. The van der Waals surface area contributed by atoms with Gasteiger partial charge in [-0.05, 0) is 36.6 Å². The van der Waals surface area contributed by atoms with E-state index in [1.165, 1.54) is 0 Å². The topological polar surface area (TPSA) is 73.3 Å². The third-order valence-corrected chi connectivity index (χ3v) is 3.07. The van der Waals surface area contributed by atoms with Gasteiger partial charge in [0, 0.05) is 18.7 Å². The number of aryl methyl sites for hydroxylation is 1. The zero-order valence-electron chi connectivity index (χ0n) is 11.7. The Hall–Kier alpha value is -1.85. The van der Waals surface area contributed by atoms with Gasteiger partial charge in [-0.15, -0.1) is 0 Å². The lowest BCUT2D eigenvalue weighted by atomic mass is 10.0. The molecule has 0 spiro atoms. The number of nitrogens with zero attached hydrogens (tertiary/aromatic N) is 1. The Kier molecular flexibility index (Phi) is 5.58. The maximum absolute atomic E-state index is 5.65. The molecule has 5 heteroatoms. The number of hydrogen-bond acceptors (Lipinski definition) is 5. The molecule has 0 aromatic carbocycles. The molecule has 0 amide bonds. The summed E-state index contributed by atoms with van der Waals surface area (Å²) in [5, 5.41) is 0. The van der Waals surface area contributed by atoms with Gasteiger partial charge >= 0.3 is 0 Å². The maximum atomic E-state index is 5.65. The third-order valence-electron chi connectivity index (χ3n) is 3.07. The quantitative estimate of drug-likeness (QED) is 0.572. The number of hydrogen-bond donors (Lipinski definition) is 2. The Morgan fingerprint density at radius 2 is 2.35 bits per heavy atom. The van der Waals surface area contributed by atoms with Crippen molar-refractivity contribution in [1.29, 1.82) is 0 Å². The molecule has 2 aromatic heterocycles. The molecule has 2 heterocycles. The first-order valence-corrected chi connectivity index (χ1v) is 6.89. The molecule has 20 heavy (non-hydrogen) atoms. The van der Waals surface area contributed by atoms with Crippen molar-refractivity contribution in [3.63, 3.8) is 0 Å². The van der Waals surface area contributed by atoms with Crippen LogP contribution in [0.25, 0.3) is 0 Å². The fraction of sp³-hybridized carbons (Fsp3) is 0.400. The first kappa shape index (κ1) is 14.6. The molecule has 0 aliphatic heterocycles. The second-order valence-corrected chi connectivity index (χ2v) is 4.64. The Balaban J connectivity index is 1.99. The van der Waals surface area contributed by atoms with Crippen LogP contribution in [0.15, 0.2) is 41.3 Å². The highest BCUT2D eigenvalue weighted by atomic mass is 16.5. The third kappa shape index (κ3) is 4.08. The van der Waals surface area contributed by atoms with Crippen LogP contribution in [0.5, 0.6) is 5.75 Å². The predicted octanol–water partition coefficient (Wildman–Crippen LogP) is 2.60. The van der Waals surface area contributed by atoms with Crippen molar-refractivity contribution in [2.75, 3.05) is 6.61 Å². The highest BCUT2D eigenvalue weighted by molar-refractivity contribution is 5.26. The van der Waals surface area contributed by atoms with Crippen LogP contribution in [-0.4, -0.2) is 11.6 Å². The summed E-state index contributed by atoms with van der Waals surface area (Å²) < 4.78 is 10.9. The fourth-order valence-electron chi connectivity index (χ4n) is 2.01.